The first-order valence-electron chi connectivity index (χ1n) is 18.2. The zero-order valence-corrected chi connectivity index (χ0v) is 31.8. The van der Waals surface area contributed by atoms with Gasteiger partial charge >= 0.3 is 0 Å². The van der Waals surface area contributed by atoms with Crippen molar-refractivity contribution in [3.05, 3.63) is 189 Å². The van der Waals surface area contributed by atoms with Gasteiger partial charge in [-0.25, -0.2) is 0 Å². The van der Waals surface area contributed by atoms with Gasteiger partial charge in [0.15, 0.2) is 0 Å². The van der Waals surface area contributed by atoms with Gasteiger partial charge in [0.25, 0.3) is 0 Å². The van der Waals surface area contributed by atoms with E-state index in [-0.39, 0.29) is 0 Å². The van der Waals surface area contributed by atoms with Crippen molar-refractivity contribution in [1.29, 1.82) is 0 Å². The molecule has 0 spiro atoms. The number of aryl methyl sites for hydroxylation is 8. The first-order chi connectivity index (χ1) is 25.0. The lowest BCUT2D eigenvalue weighted by Crippen LogP contribution is -2.11. The number of nitrogens with zero attached hydrogens (tertiary/aromatic N) is 2. The Balaban J connectivity index is 1.18. The summed E-state index contributed by atoms with van der Waals surface area (Å²) >= 11 is 0. The Morgan fingerprint density at radius 3 is 1.00 bits per heavy atom. The molecule has 7 rings (SSSR count). The van der Waals surface area contributed by atoms with Crippen molar-refractivity contribution in [2.75, 3.05) is 9.80 Å². The standard InChI is InChI=1S/C50H48N2/c1-33-19-34(2)24-47(23-33)51(48-25-35(3)20-36(4)26-48)45-16-12-41(13-17-45)9-10-42-11-14-44-32-46(18-15-43(44)31-42)52(49-27-37(5)21-38(6)28-49)50-29-39(7)22-40(8)30-50/h9-32H,1-8H3. The average Bonchev–Trinajstić information content (AvgIpc) is 3.06. The third kappa shape index (κ3) is 7.72. The SMILES string of the molecule is Cc1cc(C)cc(N(c2ccc(C=Cc3ccc4cc(N(c5cc(C)cc(C)c5)c5cc(C)cc(C)c5)ccc4c3)cc2)c2cc(C)cc(C)c2)c1. The zero-order valence-electron chi connectivity index (χ0n) is 31.8. The summed E-state index contributed by atoms with van der Waals surface area (Å²) in [7, 11) is 0. The quantitative estimate of drug-likeness (QED) is 0.148. The second-order valence-corrected chi connectivity index (χ2v) is 14.8. The molecule has 2 heteroatoms. The van der Waals surface area contributed by atoms with Crippen LogP contribution in [0.1, 0.15) is 55.6 Å². The monoisotopic (exact) mass is 676 g/mol. The van der Waals surface area contributed by atoms with E-state index < -0.39 is 0 Å². The number of rotatable bonds is 8. The van der Waals surface area contributed by atoms with E-state index in [4.69, 9.17) is 0 Å². The van der Waals surface area contributed by atoms with Crippen molar-refractivity contribution in [2.24, 2.45) is 0 Å². The van der Waals surface area contributed by atoms with Crippen LogP contribution in [0.15, 0.2) is 133 Å². The maximum atomic E-state index is 2.39. The molecule has 0 amide bonds. The second-order valence-electron chi connectivity index (χ2n) is 14.8. The molecule has 0 aromatic heterocycles. The summed E-state index contributed by atoms with van der Waals surface area (Å²) in [6, 6.07) is 49.6. The normalized spacial score (nSPS) is 11.4. The average molecular weight is 677 g/mol. The predicted octanol–water partition coefficient (Wildman–Crippen LogP) is 14.4. The van der Waals surface area contributed by atoms with Crippen LogP contribution < -0.4 is 9.80 Å². The summed E-state index contributed by atoms with van der Waals surface area (Å²) in [4.78, 5) is 4.75. The lowest BCUT2D eigenvalue weighted by Gasteiger charge is -2.27. The van der Waals surface area contributed by atoms with Crippen molar-refractivity contribution in [3.8, 4) is 0 Å². The van der Waals surface area contributed by atoms with E-state index in [1.54, 1.807) is 0 Å². The van der Waals surface area contributed by atoms with Gasteiger partial charge in [0.2, 0.25) is 0 Å². The predicted molar refractivity (Wildman–Crippen MR) is 227 cm³/mol. The fraction of sp³-hybridized carbons (Fsp3) is 0.160. The maximum absolute atomic E-state index is 2.39. The highest BCUT2D eigenvalue weighted by atomic mass is 15.1. The van der Waals surface area contributed by atoms with Crippen LogP contribution in [0, 0.1) is 55.4 Å². The molecule has 2 nitrogen and oxygen atoms in total. The lowest BCUT2D eigenvalue weighted by atomic mass is 10.0. The fourth-order valence-corrected chi connectivity index (χ4v) is 7.63. The van der Waals surface area contributed by atoms with Gasteiger partial charge in [0, 0.05) is 34.1 Å². The van der Waals surface area contributed by atoms with Gasteiger partial charge in [-0.2, -0.15) is 0 Å². The highest BCUT2D eigenvalue weighted by Crippen LogP contribution is 2.39. The third-order valence-corrected chi connectivity index (χ3v) is 9.58. The Bertz CT molecular complexity index is 2260. The van der Waals surface area contributed by atoms with E-state index in [1.165, 1.54) is 83.6 Å². The van der Waals surface area contributed by atoms with Crippen LogP contribution in [-0.4, -0.2) is 0 Å². The minimum Gasteiger partial charge on any atom is -0.310 e. The smallest absolute Gasteiger partial charge is 0.0468 e. The summed E-state index contributed by atoms with van der Waals surface area (Å²) in [5, 5.41) is 2.44. The molecule has 0 aliphatic heterocycles. The molecule has 7 aromatic rings. The van der Waals surface area contributed by atoms with Crippen molar-refractivity contribution in [3.63, 3.8) is 0 Å². The molecule has 0 N–H and O–H groups in total. The molecule has 0 aliphatic carbocycles. The van der Waals surface area contributed by atoms with Crippen molar-refractivity contribution < 1.29 is 0 Å². The van der Waals surface area contributed by atoms with Crippen LogP contribution in [0.25, 0.3) is 22.9 Å². The molecule has 0 heterocycles. The largest absolute Gasteiger partial charge is 0.310 e. The summed E-state index contributed by atoms with van der Waals surface area (Å²) in [6.45, 7) is 17.4. The molecule has 0 saturated carbocycles. The molecular formula is C50H48N2. The van der Waals surface area contributed by atoms with Crippen molar-refractivity contribution in [1.82, 2.24) is 0 Å². The molecule has 0 unspecified atom stereocenters. The molecule has 52 heavy (non-hydrogen) atoms. The van der Waals surface area contributed by atoms with Gasteiger partial charge in [-0.05, 0) is 201 Å². The Hall–Kier alpha value is -5.86. The van der Waals surface area contributed by atoms with Gasteiger partial charge in [0.05, 0.1) is 0 Å². The molecule has 258 valence electrons. The van der Waals surface area contributed by atoms with E-state index in [2.05, 4.69) is 211 Å². The van der Waals surface area contributed by atoms with E-state index in [0.717, 1.165) is 16.9 Å². The van der Waals surface area contributed by atoms with Crippen LogP contribution >= 0.6 is 0 Å². The van der Waals surface area contributed by atoms with Gasteiger partial charge in [-0.3, -0.25) is 0 Å². The van der Waals surface area contributed by atoms with E-state index >= 15 is 0 Å². The zero-order chi connectivity index (χ0) is 36.5. The van der Waals surface area contributed by atoms with Gasteiger partial charge in [0.1, 0.15) is 0 Å². The number of hydrogen-bond acceptors (Lipinski definition) is 2. The highest BCUT2D eigenvalue weighted by molar-refractivity contribution is 5.91. The molecular weight excluding hydrogens is 629 g/mol. The first-order valence-corrected chi connectivity index (χ1v) is 18.2. The lowest BCUT2D eigenvalue weighted by molar-refractivity contribution is 1.23. The van der Waals surface area contributed by atoms with Gasteiger partial charge in [-0.15, -0.1) is 0 Å². The van der Waals surface area contributed by atoms with Gasteiger partial charge in [-0.1, -0.05) is 66.7 Å². The number of benzene rings is 7. The molecule has 0 aliphatic rings. The molecule has 0 fully saturated rings. The molecule has 0 atom stereocenters. The van der Waals surface area contributed by atoms with Gasteiger partial charge < -0.3 is 9.80 Å². The molecule has 0 bridgehead atoms. The minimum absolute atomic E-state index is 1.14. The highest BCUT2D eigenvalue weighted by Gasteiger charge is 2.16. The van der Waals surface area contributed by atoms with E-state index in [9.17, 15) is 0 Å². The summed E-state index contributed by atoms with van der Waals surface area (Å²) < 4.78 is 0. The fourth-order valence-electron chi connectivity index (χ4n) is 7.63. The minimum atomic E-state index is 1.14. The van der Waals surface area contributed by atoms with Crippen LogP contribution in [-0.2, 0) is 0 Å². The molecule has 7 aromatic carbocycles. The van der Waals surface area contributed by atoms with E-state index in [0.29, 0.717) is 0 Å². The Morgan fingerprint density at radius 2 is 0.577 bits per heavy atom. The number of fused-ring (bicyclic) bond motifs is 1. The van der Waals surface area contributed by atoms with Crippen LogP contribution in [0.3, 0.4) is 0 Å². The summed E-state index contributed by atoms with van der Waals surface area (Å²) in [5.74, 6) is 0. The van der Waals surface area contributed by atoms with Crippen LogP contribution in [0.5, 0.6) is 0 Å². The Morgan fingerprint density at radius 1 is 0.269 bits per heavy atom. The molecule has 0 radical (unpaired) electrons. The number of hydrogen-bond donors (Lipinski definition) is 0. The Labute approximate surface area is 310 Å². The number of anilines is 6. The van der Waals surface area contributed by atoms with Crippen molar-refractivity contribution in [2.45, 2.75) is 55.4 Å². The van der Waals surface area contributed by atoms with Crippen molar-refractivity contribution >= 4 is 57.0 Å². The maximum Gasteiger partial charge on any atom is 0.0468 e. The van der Waals surface area contributed by atoms with Crippen LogP contribution in [0.2, 0.25) is 0 Å². The topological polar surface area (TPSA) is 6.48 Å². The third-order valence-electron chi connectivity index (χ3n) is 9.58. The first kappa shape index (κ1) is 34.6. The second kappa shape index (κ2) is 14.4. The van der Waals surface area contributed by atoms with Crippen LogP contribution in [0.4, 0.5) is 34.1 Å². The molecule has 0 saturated heterocycles. The summed E-state index contributed by atoms with van der Waals surface area (Å²) in [5.41, 5.74) is 19.4. The Kier molecular flexibility index (Phi) is 9.58. The summed E-state index contributed by atoms with van der Waals surface area (Å²) in [6.07, 6.45) is 4.42. The van der Waals surface area contributed by atoms with E-state index in [1.807, 2.05) is 0 Å².